The topological polar surface area (TPSA) is 64.4 Å². The number of rotatable bonds is 7. The van der Waals surface area contributed by atoms with E-state index in [2.05, 4.69) is 12.2 Å². The van der Waals surface area contributed by atoms with Crippen molar-refractivity contribution in [2.75, 3.05) is 6.54 Å². The van der Waals surface area contributed by atoms with Crippen molar-refractivity contribution in [3.05, 3.63) is 33.9 Å². The summed E-state index contributed by atoms with van der Waals surface area (Å²) in [5.41, 5.74) is 1.10. The third kappa shape index (κ3) is 4.70. The Morgan fingerprint density at radius 2 is 2.10 bits per heavy atom. The molecule has 2 rings (SSSR count). The number of nitrogens with one attached hydrogen (secondary N) is 1. The second-order valence-electron chi connectivity index (χ2n) is 5.61. The van der Waals surface area contributed by atoms with Crippen molar-refractivity contribution >= 4 is 5.69 Å². The molecule has 0 aliphatic heterocycles. The number of benzene rings is 1. The predicted octanol–water partition coefficient (Wildman–Crippen LogP) is 3.81. The zero-order chi connectivity index (χ0) is 15.1. The molecule has 0 unspecified atom stereocenters. The van der Waals surface area contributed by atoms with Crippen molar-refractivity contribution < 1.29 is 9.66 Å². The number of hydrogen-bond donors (Lipinski definition) is 1. The zero-order valence-electron chi connectivity index (χ0n) is 12.6. The van der Waals surface area contributed by atoms with E-state index in [9.17, 15) is 10.1 Å². The molecule has 0 radical (unpaired) electrons. The quantitative estimate of drug-likeness (QED) is 0.471. The molecule has 1 aromatic carbocycles. The number of nitrogens with zero attached hydrogens (tertiary/aromatic N) is 1. The first-order valence-electron chi connectivity index (χ1n) is 7.85. The van der Waals surface area contributed by atoms with E-state index in [-0.39, 0.29) is 16.7 Å². The standard InChI is InChI=1S/C16H24N2O3/c1-2-10-17-12-13-8-9-15(18(19)20)16(11-13)21-14-6-4-3-5-7-14/h8-9,11,14,17H,2-7,10,12H2,1H3. The van der Waals surface area contributed by atoms with Gasteiger partial charge in [-0.1, -0.05) is 19.4 Å². The lowest BCUT2D eigenvalue weighted by atomic mass is 9.98. The Labute approximate surface area is 125 Å². The van der Waals surface area contributed by atoms with Gasteiger partial charge in [0.2, 0.25) is 0 Å². The van der Waals surface area contributed by atoms with Crippen LogP contribution in [0.15, 0.2) is 18.2 Å². The summed E-state index contributed by atoms with van der Waals surface area (Å²) in [4.78, 5) is 10.8. The molecule has 1 aliphatic rings. The molecule has 0 saturated heterocycles. The van der Waals surface area contributed by atoms with E-state index in [0.717, 1.165) is 44.2 Å². The van der Waals surface area contributed by atoms with Crippen LogP contribution in [0.2, 0.25) is 0 Å². The smallest absolute Gasteiger partial charge is 0.310 e. The molecule has 0 aromatic heterocycles. The lowest BCUT2D eigenvalue weighted by Gasteiger charge is -2.23. The SMILES string of the molecule is CCCNCc1ccc([N+](=O)[O-])c(OC2CCCCC2)c1. The summed E-state index contributed by atoms with van der Waals surface area (Å²) in [5.74, 6) is 0.419. The van der Waals surface area contributed by atoms with Crippen LogP contribution in [0.3, 0.4) is 0 Å². The number of nitro benzene ring substituents is 1. The van der Waals surface area contributed by atoms with Crippen molar-refractivity contribution in [3.8, 4) is 5.75 Å². The average Bonchev–Trinajstić information content (AvgIpc) is 2.48. The molecule has 0 heterocycles. The Balaban J connectivity index is 2.09. The van der Waals surface area contributed by atoms with Gasteiger partial charge in [0, 0.05) is 12.6 Å². The maximum absolute atomic E-state index is 11.1. The molecule has 0 atom stereocenters. The molecule has 0 bridgehead atoms. The molecule has 0 spiro atoms. The lowest BCUT2D eigenvalue weighted by Crippen LogP contribution is -2.20. The first-order chi connectivity index (χ1) is 10.2. The van der Waals surface area contributed by atoms with E-state index in [1.807, 2.05) is 6.07 Å². The Morgan fingerprint density at radius 3 is 2.76 bits per heavy atom. The van der Waals surface area contributed by atoms with Crippen LogP contribution < -0.4 is 10.1 Å². The van der Waals surface area contributed by atoms with E-state index in [1.165, 1.54) is 6.42 Å². The fourth-order valence-electron chi connectivity index (χ4n) is 2.69. The van der Waals surface area contributed by atoms with Gasteiger partial charge in [-0.25, -0.2) is 0 Å². The number of ether oxygens (including phenoxy) is 1. The molecule has 5 nitrogen and oxygen atoms in total. The summed E-state index contributed by atoms with van der Waals surface area (Å²) < 4.78 is 5.93. The van der Waals surface area contributed by atoms with Crippen LogP contribution in [0.4, 0.5) is 5.69 Å². The Kier molecular flexibility index (Phi) is 5.99. The third-order valence-electron chi connectivity index (χ3n) is 3.82. The van der Waals surface area contributed by atoms with Crippen molar-refractivity contribution in [2.24, 2.45) is 0 Å². The van der Waals surface area contributed by atoms with Gasteiger partial charge in [-0.15, -0.1) is 0 Å². The van der Waals surface area contributed by atoms with Gasteiger partial charge in [-0.2, -0.15) is 0 Å². The average molecular weight is 292 g/mol. The second-order valence-corrected chi connectivity index (χ2v) is 5.61. The van der Waals surface area contributed by atoms with Gasteiger partial charge in [-0.05, 0) is 50.3 Å². The van der Waals surface area contributed by atoms with Gasteiger partial charge in [0.05, 0.1) is 11.0 Å². The highest BCUT2D eigenvalue weighted by Gasteiger charge is 2.21. The number of hydrogen-bond acceptors (Lipinski definition) is 4. The molecule has 1 aromatic rings. The van der Waals surface area contributed by atoms with Crippen LogP contribution in [0.5, 0.6) is 5.75 Å². The lowest BCUT2D eigenvalue weighted by molar-refractivity contribution is -0.386. The van der Waals surface area contributed by atoms with Gasteiger partial charge in [-0.3, -0.25) is 10.1 Å². The van der Waals surface area contributed by atoms with Gasteiger partial charge in [0.25, 0.3) is 0 Å². The number of nitro groups is 1. The molecule has 5 heteroatoms. The summed E-state index contributed by atoms with van der Waals surface area (Å²) >= 11 is 0. The molecule has 1 aliphatic carbocycles. The predicted molar refractivity (Wildman–Crippen MR) is 82.6 cm³/mol. The Hall–Kier alpha value is -1.62. The fourth-order valence-corrected chi connectivity index (χ4v) is 2.69. The zero-order valence-corrected chi connectivity index (χ0v) is 12.6. The molecule has 1 fully saturated rings. The van der Waals surface area contributed by atoms with Gasteiger partial charge < -0.3 is 10.1 Å². The van der Waals surface area contributed by atoms with E-state index in [0.29, 0.717) is 12.3 Å². The highest BCUT2D eigenvalue weighted by molar-refractivity contribution is 5.48. The molecule has 21 heavy (non-hydrogen) atoms. The van der Waals surface area contributed by atoms with Gasteiger partial charge in [0.1, 0.15) is 0 Å². The van der Waals surface area contributed by atoms with Crippen molar-refractivity contribution in [3.63, 3.8) is 0 Å². The van der Waals surface area contributed by atoms with E-state index >= 15 is 0 Å². The Bertz CT molecular complexity index is 471. The Morgan fingerprint density at radius 1 is 1.33 bits per heavy atom. The highest BCUT2D eigenvalue weighted by atomic mass is 16.6. The molecule has 1 N–H and O–H groups in total. The minimum atomic E-state index is -0.360. The van der Waals surface area contributed by atoms with Crippen LogP contribution in [0.1, 0.15) is 51.0 Å². The van der Waals surface area contributed by atoms with Crippen molar-refractivity contribution in [1.82, 2.24) is 5.32 Å². The van der Waals surface area contributed by atoms with Crippen molar-refractivity contribution in [2.45, 2.75) is 58.1 Å². The summed E-state index contributed by atoms with van der Waals surface area (Å²) in [6.07, 6.45) is 6.72. The fraction of sp³-hybridized carbons (Fsp3) is 0.625. The second kappa shape index (κ2) is 7.98. The molecule has 0 amide bonds. The van der Waals surface area contributed by atoms with Gasteiger partial charge >= 0.3 is 5.69 Å². The summed E-state index contributed by atoms with van der Waals surface area (Å²) in [5, 5.41) is 14.5. The van der Waals surface area contributed by atoms with Crippen LogP contribution in [0.25, 0.3) is 0 Å². The van der Waals surface area contributed by atoms with E-state index in [1.54, 1.807) is 12.1 Å². The largest absolute Gasteiger partial charge is 0.483 e. The third-order valence-corrected chi connectivity index (χ3v) is 3.82. The first-order valence-corrected chi connectivity index (χ1v) is 7.85. The molecule has 1 saturated carbocycles. The van der Waals surface area contributed by atoms with Crippen LogP contribution in [0, 0.1) is 10.1 Å². The first kappa shape index (κ1) is 15.8. The molecular weight excluding hydrogens is 268 g/mol. The minimum Gasteiger partial charge on any atom is -0.483 e. The van der Waals surface area contributed by atoms with Crippen LogP contribution in [-0.2, 0) is 6.54 Å². The van der Waals surface area contributed by atoms with Crippen LogP contribution in [-0.4, -0.2) is 17.6 Å². The van der Waals surface area contributed by atoms with Crippen molar-refractivity contribution in [1.29, 1.82) is 0 Å². The monoisotopic (exact) mass is 292 g/mol. The summed E-state index contributed by atoms with van der Waals surface area (Å²) in [6.45, 7) is 3.77. The normalized spacial score (nSPS) is 15.9. The highest BCUT2D eigenvalue weighted by Crippen LogP contribution is 2.31. The van der Waals surface area contributed by atoms with Gasteiger partial charge in [0.15, 0.2) is 5.75 Å². The molecular formula is C16H24N2O3. The van der Waals surface area contributed by atoms with E-state index in [4.69, 9.17) is 4.74 Å². The minimum absolute atomic E-state index is 0.0693. The van der Waals surface area contributed by atoms with Crippen LogP contribution >= 0.6 is 0 Å². The van der Waals surface area contributed by atoms with E-state index < -0.39 is 0 Å². The summed E-state index contributed by atoms with van der Waals surface area (Å²) in [7, 11) is 0. The summed E-state index contributed by atoms with van der Waals surface area (Å²) in [6, 6.07) is 5.17. The maximum atomic E-state index is 11.1. The molecule has 116 valence electrons. The maximum Gasteiger partial charge on any atom is 0.310 e.